The van der Waals surface area contributed by atoms with Crippen LogP contribution in [0, 0.1) is 13.8 Å². The van der Waals surface area contributed by atoms with Crippen LogP contribution in [0.4, 0.5) is 0 Å². The lowest BCUT2D eigenvalue weighted by molar-refractivity contribution is -0.141. The van der Waals surface area contributed by atoms with E-state index in [1.165, 1.54) is 0 Å². The van der Waals surface area contributed by atoms with E-state index in [4.69, 9.17) is 5.11 Å². The Morgan fingerprint density at radius 3 is 2.55 bits per heavy atom. The smallest absolute Gasteiger partial charge is 0.345 e. The van der Waals surface area contributed by atoms with Gasteiger partial charge >= 0.3 is 11.7 Å². The van der Waals surface area contributed by atoms with Crippen molar-refractivity contribution in [1.29, 1.82) is 0 Å². The van der Waals surface area contributed by atoms with Crippen molar-refractivity contribution in [3.63, 3.8) is 0 Å². The summed E-state index contributed by atoms with van der Waals surface area (Å²) < 4.78 is 0. The van der Waals surface area contributed by atoms with E-state index in [2.05, 4.69) is 15.3 Å². The Morgan fingerprint density at radius 2 is 2.05 bits per heavy atom. The second-order valence-electron chi connectivity index (χ2n) is 4.65. The summed E-state index contributed by atoms with van der Waals surface area (Å²) in [7, 11) is 0. The van der Waals surface area contributed by atoms with Gasteiger partial charge in [-0.2, -0.15) is 4.98 Å². The van der Waals surface area contributed by atoms with Crippen molar-refractivity contribution in [1.82, 2.24) is 15.3 Å². The number of hydrogen-bond donors (Lipinski definition) is 3. The standard InChI is InChI=1S/C13H19N3O4/c1-4-5-10(12(18)19)16-11(17)6-9-7(2)14-13(20)15-8(9)3/h10H,4-6H2,1-3H3,(H,16,17)(H,18,19)(H,14,15,20)/t10-/m1/s1. The molecule has 0 radical (unpaired) electrons. The molecule has 3 N–H and O–H groups in total. The average molecular weight is 281 g/mol. The molecule has 1 amide bonds. The molecular formula is C13H19N3O4. The molecule has 7 heteroatoms. The third kappa shape index (κ3) is 4.18. The maximum Gasteiger partial charge on any atom is 0.345 e. The van der Waals surface area contributed by atoms with Gasteiger partial charge < -0.3 is 15.4 Å². The number of carbonyl (C=O) groups excluding carboxylic acids is 1. The molecule has 0 aliphatic rings. The second-order valence-corrected chi connectivity index (χ2v) is 4.65. The van der Waals surface area contributed by atoms with Gasteiger partial charge in [-0.25, -0.2) is 9.59 Å². The van der Waals surface area contributed by atoms with Gasteiger partial charge in [-0.05, 0) is 20.3 Å². The highest BCUT2D eigenvalue weighted by Gasteiger charge is 2.20. The first kappa shape index (κ1) is 15.9. The molecule has 1 aromatic rings. The van der Waals surface area contributed by atoms with Gasteiger partial charge in [0, 0.05) is 17.0 Å². The van der Waals surface area contributed by atoms with Crippen LogP contribution in [-0.2, 0) is 16.0 Å². The van der Waals surface area contributed by atoms with Crippen molar-refractivity contribution < 1.29 is 14.7 Å². The van der Waals surface area contributed by atoms with Crippen molar-refractivity contribution >= 4 is 11.9 Å². The van der Waals surface area contributed by atoms with Gasteiger partial charge in [-0.3, -0.25) is 4.79 Å². The Balaban J connectivity index is 2.81. The molecule has 0 unspecified atom stereocenters. The highest BCUT2D eigenvalue weighted by Crippen LogP contribution is 2.08. The molecule has 20 heavy (non-hydrogen) atoms. The molecule has 1 aromatic heterocycles. The summed E-state index contributed by atoms with van der Waals surface area (Å²) in [6.45, 7) is 5.17. The molecule has 0 bridgehead atoms. The Kier molecular flexibility index (Phi) is 5.42. The van der Waals surface area contributed by atoms with E-state index < -0.39 is 23.6 Å². The molecule has 0 aromatic carbocycles. The van der Waals surface area contributed by atoms with Gasteiger partial charge in [-0.15, -0.1) is 0 Å². The first-order chi connectivity index (χ1) is 9.35. The number of hydrogen-bond acceptors (Lipinski definition) is 4. The third-order valence-electron chi connectivity index (χ3n) is 3.00. The Labute approximate surface area is 116 Å². The predicted molar refractivity (Wildman–Crippen MR) is 72.5 cm³/mol. The highest BCUT2D eigenvalue weighted by molar-refractivity contribution is 5.85. The van der Waals surface area contributed by atoms with Crippen LogP contribution in [0.15, 0.2) is 4.79 Å². The third-order valence-corrected chi connectivity index (χ3v) is 3.00. The molecule has 110 valence electrons. The van der Waals surface area contributed by atoms with Crippen molar-refractivity contribution in [3.8, 4) is 0 Å². The monoisotopic (exact) mass is 281 g/mol. The highest BCUT2D eigenvalue weighted by atomic mass is 16.4. The Hall–Kier alpha value is -2.18. The number of aromatic amines is 1. The summed E-state index contributed by atoms with van der Waals surface area (Å²) in [5.41, 5.74) is 1.20. The number of H-pyrrole nitrogens is 1. The van der Waals surface area contributed by atoms with Crippen LogP contribution in [-0.4, -0.2) is 33.0 Å². The molecule has 7 nitrogen and oxygen atoms in total. The van der Waals surface area contributed by atoms with Crippen molar-refractivity contribution in [2.24, 2.45) is 0 Å². The molecule has 0 spiro atoms. The number of carbonyl (C=O) groups is 2. The fourth-order valence-corrected chi connectivity index (χ4v) is 1.97. The van der Waals surface area contributed by atoms with E-state index in [-0.39, 0.29) is 6.42 Å². The average Bonchev–Trinajstić information content (AvgIpc) is 2.33. The van der Waals surface area contributed by atoms with Crippen LogP contribution in [0.25, 0.3) is 0 Å². The van der Waals surface area contributed by atoms with E-state index in [9.17, 15) is 14.4 Å². The summed E-state index contributed by atoms with van der Waals surface area (Å²) in [6, 6.07) is -0.885. The van der Waals surface area contributed by atoms with Crippen LogP contribution in [0.5, 0.6) is 0 Å². The number of nitrogens with zero attached hydrogens (tertiary/aromatic N) is 1. The summed E-state index contributed by atoms with van der Waals surface area (Å²) in [4.78, 5) is 40.3. The maximum absolute atomic E-state index is 11.9. The van der Waals surface area contributed by atoms with Gasteiger partial charge in [0.05, 0.1) is 6.42 Å². The molecule has 0 aliphatic carbocycles. The molecule has 0 fully saturated rings. The number of carboxylic acids is 1. The summed E-state index contributed by atoms with van der Waals surface area (Å²) in [5, 5.41) is 11.5. The number of amides is 1. The molecular weight excluding hydrogens is 262 g/mol. The van der Waals surface area contributed by atoms with E-state index >= 15 is 0 Å². The van der Waals surface area contributed by atoms with Crippen molar-refractivity contribution in [3.05, 3.63) is 27.4 Å². The number of nitrogens with one attached hydrogen (secondary N) is 2. The minimum Gasteiger partial charge on any atom is -0.480 e. The van der Waals surface area contributed by atoms with Gasteiger partial charge in [-0.1, -0.05) is 13.3 Å². The van der Waals surface area contributed by atoms with Gasteiger partial charge in [0.2, 0.25) is 5.91 Å². The van der Waals surface area contributed by atoms with Gasteiger partial charge in [0.25, 0.3) is 0 Å². The Bertz CT molecular complexity index is 539. The molecule has 1 atom stereocenters. The summed E-state index contributed by atoms with van der Waals surface area (Å²) in [6.07, 6.45) is 1.04. The molecule has 0 saturated heterocycles. The zero-order valence-corrected chi connectivity index (χ0v) is 11.8. The quantitative estimate of drug-likeness (QED) is 0.694. The number of carboxylic acid groups (broad SMARTS) is 1. The lowest BCUT2D eigenvalue weighted by atomic mass is 10.1. The minimum absolute atomic E-state index is 0.00502. The first-order valence-electron chi connectivity index (χ1n) is 6.43. The number of rotatable bonds is 6. The fraction of sp³-hybridized carbons (Fsp3) is 0.538. The summed E-state index contributed by atoms with van der Waals surface area (Å²) >= 11 is 0. The van der Waals surface area contributed by atoms with E-state index in [0.717, 1.165) is 0 Å². The zero-order valence-electron chi connectivity index (χ0n) is 11.8. The largest absolute Gasteiger partial charge is 0.480 e. The fourth-order valence-electron chi connectivity index (χ4n) is 1.97. The molecule has 1 rings (SSSR count). The van der Waals surface area contributed by atoms with Crippen LogP contribution < -0.4 is 11.0 Å². The van der Waals surface area contributed by atoms with Crippen LogP contribution in [0.1, 0.15) is 36.7 Å². The minimum atomic E-state index is -1.05. The number of aliphatic carboxylic acids is 1. The molecule has 1 heterocycles. The lowest BCUT2D eigenvalue weighted by Gasteiger charge is -2.14. The van der Waals surface area contributed by atoms with Crippen LogP contribution >= 0.6 is 0 Å². The van der Waals surface area contributed by atoms with E-state index in [0.29, 0.717) is 29.8 Å². The van der Waals surface area contributed by atoms with E-state index in [1.807, 2.05) is 6.92 Å². The SMILES string of the molecule is CCC[C@@H](NC(=O)Cc1c(C)nc(=O)[nH]c1C)C(=O)O. The topological polar surface area (TPSA) is 112 Å². The first-order valence-corrected chi connectivity index (χ1v) is 6.43. The van der Waals surface area contributed by atoms with Crippen molar-refractivity contribution in [2.45, 2.75) is 46.1 Å². The zero-order chi connectivity index (χ0) is 15.3. The van der Waals surface area contributed by atoms with Gasteiger partial charge in [0.1, 0.15) is 6.04 Å². The van der Waals surface area contributed by atoms with Crippen LogP contribution in [0.2, 0.25) is 0 Å². The van der Waals surface area contributed by atoms with E-state index in [1.54, 1.807) is 13.8 Å². The lowest BCUT2D eigenvalue weighted by Crippen LogP contribution is -2.41. The Morgan fingerprint density at radius 1 is 1.40 bits per heavy atom. The van der Waals surface area contributed by atoms with Gasteiger partial charge in [0.15, 0.2) is 0 Å². The predicted octanol–water partition coefficient (Wildman–Crippen LogP) is 0.299. The van der Waals surface area contributed by atoms with Crippen molar-refractivity contribution in [2.75, 3.05) is 0 Å². The molecule has 0 aliphatic heterocycles. The summed E-state index contributed by atoms with van der Waals surface area (Å²) in [5.74, 6) is -1.45. The number of aryl methyl sites for hydroxylation is 2. The second kappa shape index (κ2) is 6.83. The van der Waals surface area contributed by atoms with Crippen LogP contribution in [0.3, 0.4) is 0 Å². The molecule has 0 saturated carbocycles. The normalized spacial score (nSPS) is 11.9. The number of aromatic nitrogens is 2. The maximum atomic E-state index is 11.9.